The molecule has 4 aromatic rings. The Labute approximate surface area is 170 Å². The van der Waals surface area contributed by atoms with E-state index in [9.17, 15) is 9.59 Å². The SMILES string of the molecule is Cc1cccc(NC(=O)CSc2nc3ccsc3c(=O)n2-c2ccccc2)c1. The van der Waals surface area contributed by atoms with Crippen LogP contribution in [0.2, 0.25) is 0 Å². The van der Waals surface area contributed by atoms with Crippen molar-refractivity contribution >= 4 is 44.9 Å². The molecular weight excluding hydrogens is 390 g/mol. The fourth-order valence-corrected chi connectivity index (χ4v) is 4.42. The third-order valence-electron chi connectivity index (χ3n) is 4.10. The van der Waals surface area contributed by atoms with Crippen molar-refractivity contribution in [1.82, 2.24) is 9.55 Å². The van der Waals surface area contributed by atoms with Gasteiger partial charge in [-0.25, -0.2) is 4.98 Å². The zero-order chi connectivity index (χ0) is 19.5. The number of carbonyl (C=O) groups is 1. The van der Waals surface area contributed by atoms with Crippen molar-refractivity contribution in [2.45, 2.75) is 12.1 Å². The summed E-state index contributed by atoms with van der Waals surface area (Å²) in [7, 11) is 0. The Morgan fingerprint density at radius 2 is 1.96 bits per heavy atom. The Morgan fingerprint density at radius 1 is 1.14 bits per heavy atom. The van der Waals surface area contributed by atoms with Crippen LogP contribution in [0.1, 0.15) is 5.56 Å². The Balaban J connectivity index is 1.63. The van der Waals surface area contributed by atoms with Crippen molar-refractivity contribution in [3.8, 4) is 5.69 Å². The van der Waals surface area contributed by atoms with Crippen LogP contribution in [0.15, 0.2) is 76.0 Å². The number of hydrogen-bond acceptors (Lipinski definition) is 5. The molecule has 4 rings (SSSR count). The van der Waals surface area contributed by atoms with Crippen molar-refractivity contribution in [3.05, 3.63) is 82.0 Å². The molecule has 0 spiro atoms. The first-order valence-electron chi connectivity index (χ1n) is 8.67. The number of anilines is 1. The molecule has 0 unspecified atom stereocenters. The number of hydrogen-bond donors (Lipinski definition) is 1. The molecule has 0 bridgehead atoms. The highest BCUT2D eigenvalue weighted by molar-refractivity contribution is 7.99. The van der Waals surface area contributed by atoms with Gasteiger partial charge < -0.3 is 5.32 Å². The molecule has 0 saturated carbocycles. The molecule has 0 aliphatic rings. The van der Waals surface area contributed by atoms with Crippen LogP contribution in [0.5, 0.6) is 0 Å². The molecule has 0 saturated heterocycles. The summed E-state index contributed by atoms with van der Waals surface area (Å²) in [5, 5.41) is 5.24. The van der Waals surface area contributed by atoms with E-state index >= 15 is 0 Å². The number of aryl methyl sites for hydroxylation is 1. The van der Waals surface area contributed by atoms with Gasteiger partial charge >= 0.3 is 0 Å². The second-order valence-corrected chi connectivity index (χ2v) is 8.07. The maximum absolute atomic E-state index is 13.0. The van der Waals surface area contributed by atoms with Gasteiger partial charge in [0, 0.05) is 5.69 Å². The van der Waals surface area contributed by atoms with Gasteiger partial charge in [-0.05, 0) is 48.2 Å². The van der Waals surface area contributed by atoms with Crippen LogP contribution in [0.25, 0.3) is 15.9 Å². The second kappa shape index (κ2) is 8.00. The Morgan fingerprint density at radius 3 is 2.75 bits per heavy atom. The summed E-state index contributed by atoms with van der Waals surface area (Å²) in [6.07, 6.45) is 0. The third-order valence-corrected chi connectivity index (χ3v) is 5.93. The second-order valence-electron chi connectivity index (χ2n) is 6.21. The minimum absolute atomic E-state index is 0.118. The lowest BCUT2D eigenvalue weighted by Crippen LogP contribution is -2.22. The Hall–Kier alpha value is -2.90. The number of amides is 1. The van der Waals surface area contributed by atoms with Gasteiger partial charge in [0.15, 0.2) is 5.16 Å². The standard InChI is InChI=1S/C21H17N3O2S2/c1-14-6-5-7-15(12-14)22-18(25)13-28-21-23-17-10-11-27-19(17)20(26)24(21)16-8-3-2-4-9-16/h2-12H,13H2,1H3,(H,22,25). The molecule has 2 aromatic heterocycles. The van der Waals surface area contributed by atoms with Gasteiger partial charge in [-0.1, -0.05) is 42.1 Å². The van der Waals surface area contributed by atoms with E-state index in [-0.39, 0.29) is 17.2 Å². The number of fused-ring (bicyclic) bond motifs is 1. The van der Waals surface area contributed by atoms with Crippen LogP contribution >= 0.6 is 23.1 Å². The van der Waals surface area contributed by atoms with Gasteiger partial charge in [-0.3, -0.25) is 14.2 Å². The predicted octanol–water partition coefficient (Wildman–Crippen LogP) is 4.49. The maximum Gasteiger partial charge on any atom is 0.276 e. The minimum Gasteiger partial charge on any atom is -0.325 e. The smallest absolute Gasteiger partial charge is 0.276 e. The van der Waals surface area contributed by atoms with Gasteiger partial charge in [-0.2, -0.15) is 0 Å². The normalized spacial score (nSPS) is 10.9. The van der Waals surface area contributed by atoms with Crippen molar-refractivity contribution in [2.75, 3.05) is 11.1 Å². The zero-order valence-corrected chi connectivity index (χ0v) is 16.7. The number of nitrogens with one attached hydrogen (secondary N) is 1. The number of para-hydroxylation sites is 1. The number of thioether (sulfide) groups is 1. The van der Waals surface area contributed by atoms with Crippen molar-refractivity contribution in [2.24, 2.45) is 0 Å². The number of nitrogens with zero attached hydrogens (tertiary/aromatic N) is 2. The number of aromatic nitrogens is 2. The summed E-state index contributed by atoms with van der Waals surface area (Å²) in [5.74, 6) is 0.0120. The monoisotopic (exact) mass is 407 g/mol. The third kappa shape index (κ3) is 3.85. The molecule has 5 nitrogen and oxygen atoms in total. The molecule has 0 aliphatic carbocycles. The molecule has 2 heterocycles. The quantitative estimate of drug-likeness (QED) is 0.391. The highest BCUT2D eigenvalue weighted by atomic mass is 32.2. The largest absolute Gasteiger partial charge is 0.325 e. The van der Waals surface area contributed by atoms with Crippen molar-refractivity contribution < 1.29 is 4.79 Å². The fraction of sp³-hybridized carbons (Fsp3) is 0.0952. The lowest BCUT2D eigenvalue weighted by molar-refractivity contribution is -0.113. The van der Waals surface area contributed by atoms with E-state index in [4.69, 9.17) is 0 Å². The molecule has 0 fully saturated rings. The van der Waals surface area contributed by atoms with E-state index in [1.54, 1.807) is 4.57 Å². The summed E-state index contributed by atoms with van der Waals surface area (Å²) in [6, 6.07) is 18.8. The summed E-state index contributed by atoms with van der Waals surface area (Å²) in [6.45, 7) is 1.98. The van der Waals surface area contributed by atoms with Gasteiger partial charge in [0.25, 0.3) is 5.56 Å². The summed E-state index contributed by atoms with van der Waals surface area (Å²) >= 11 is 2.62. The molecule has 2 aromatic carbocycles. The molecule has 1 amide bonds. The lowest BCUT2D eigenvalue weighted by atomic mass is 10.2. The van der Waals surface area contributed by atoms with E-state index < -0.39 is 0 Å². The van der Waals surface area contributed by atoms with E-state index in [0.29, 0.717) is 15.4 Å². The van der Waals surface area contributed by atoms with Crippen LogP contribution in [0.3, 0.4) is 0 Å². The molecule has 0 radical (unpaired) electrons. The van der Waals surface area contributed by atoms with E-state index in [0.717, 1.165) is 16.9 Å². The van der Waals surface area contributed by atoms with Gasteiger partial charge in [0.05, 0.1) is 17.0 Å². The first kappa shape index (κ1) is 18.5. The number of carbonyl (C=O) groups excluding carboxylic acids is 1. The van der Waals surface area contributed by atoms with Crippen LogP contribution in [-0.4, -0.2) is 21.2 Å². The Kier molecular flexibility index (Phi) is 5.27. The van der Waals surface area contributed by atoms with Gasteiger partial charge in [0.1, 0.15) is 4.70 Å². The van der Waals surface area contributed by atoms with Crippen LogP contribution in [0.4, 0.5) is 5.69 Å². The summed E-state index contributed by atoms with van der Waals surface area (Å²) in [4.78, 5) is 30.0. The summed E-state index contributed by atoms with van der Waals surface area (Å²) < 4.78 is 2.18. The topological polar surface area (TPSA) is 64.0 Å². The van der Waals surface area contributed by atoms with Gasteiger partial charge in [0.2, 0.25) is 5.91 Å². The molecule has 7 heteroatoms. The number of benzene rings is 2. The lowest BCUT2D eigenvalue weighted by Gasteiger charge is -2.12. The molecule has 1 N–H and O–H groups in total. The molecule has 28 heavy (non-hydrogen) atoms. The average molecular weight is 408 g/mol. The van der Waals surface area contributed by atoms with Gasteiger partial charge in [-0.15, -0.1) is 11.3 Å². The fourth-order valence-electron chi connectivity index (χ4n) is 2.84. The van der Waals surface area contributed by atoms with Crippen molar-refractivity contribution in [3.63, 3.8) is 0 Å². The first-order chi connectivity index (χ1) is 13.6. The van der Waals surface area contributed by atoms with E-state index in [1.807, 2.05) is 73.0 Å². The molecule has 0 aliphatic heterocycles. The Bertz CT molecular complexity index is 1200. The van der Waals surface area contributed by atoms with Crippen LogP contribution in [-0.2, 0) is 4.79 Å². The highest BCUT2D eigenvalue weighted by Crippen LogP contribution is 2.23. The van der Waals surface area contributed by atoms with Crippen LogP contribution in [0, 0.1) is 6.92 Å². The van der Waals surface area contributed by atoms with E-state index in [1.165, 1.54) is 23.1 Å². The van der Waals surface area contributed by atoms with Crippen LogP contribution < -0.4 is 10.9 Å². The summed E-state index contributed by atoms with van der Waals surface area (Å²) in [5.41, 5.74) is 3.11. The highest BCUT2D eigenvalue weighted by Gasteiger charge is 2.15. The first-order valence-corrected chi connectivity index (χ1v) is 10.5. The zero-order valence-electron chi connectivity index (χ0n) is 15.1. The maximum atomic E-state index is 13.0. The minimum atomic E-state index is -0.144. The van der Waals surface area contributed by atoms with Crippen molar-refractivity contribution in [1.29, 1.82) is 0 Å². The molecular formula is C21H17N3O2S2. The number of thiophene rings is 1. The molecule has 0 atom stereocenters. The average Bonchev–Trinajstić information content (AvgIpc) is 3.16. The molecule has 140 valence electrons. The van der Waals surface area contributed by atoms with E-state index in [2.05, 4.69) is 10.3 Å². The number of rotatable bonds is 5. The predicted molar refractivity (Wildman–Crippen MR) is 116 cm³/mol.